The Labute approximate surface area is 205 Å². The summed E-state index contributed by atoms with van der Waals surface area (Å²) in [5, 5.41) is 14.4. The van der Waals surface area contributed by atoms with Gasteiger partial charge in [-0.15, -0.1) is 0 Å². The predicted octanol–water partition coefficient (Wildman–Crippen LogP) is 5.03. The van der Waals surface area contributed by atoms with Gasteiger partial charge in [0.25, 0.3) is 5.91 Å². The van der Waals surface area contributed by atoms with Gasteiger partial charge in [-0.3, -0.25) is 4.79 Å². The zero-order valence-electron chi connectivity index (χ0n) is 18.3. The first-order chi connectivity index (χ1) is 16.6. The van der Waals surface area contributed by atoms with Gasteiger partial charge in [-0.05, 0) is 53.1 Å². The Kier molecular flexibility index (Phi) is 6.15. The topological polar surface area (TPSA) is 104 Å². The van der Waals surface area contributed by atoms with E-state index in [9.17, 15) is 9.90 Å². The summed E-state index contributed by atoms with van der Waals surface area (Å²) < 4.78 is 0.966. The van der Waals surface area contributed by atoms with Gasteiger partial charge in [-0.2, -0.15) is 0 Å². The highest BCUT2D eigenvalue weighted by Crippen LogP contribution is 2.32. The fourth-order valence-corrected chi connectivity index (χ4v) is 4.43. The maximum Gasteiger partial charge on any atom is 0.252 e. The Morgan fingerprint density at radius 1 is 0.971 bits per heavy atom. The summed E-state index contributed by atoms with van der Waals surface area (Å²) >= 11 is 3.54. The van der Waals surface area contributed by atoms with Crippen LogP contribution < -0.4 is 11.1 Å². The van der Waals surface area contributed by atoms with Crippen molar-refractivity contribution >= 4 is 43.6 Å². The summed E-state index contributed by atoms with van der Waals surface area (Å²) in [6.07, 6.45) is 1.91. The molecule has 1 amide bonds. The Morgan fingerprint density at radius 2 is 1.74 bits per heavy atom. The Bertz CT molecular complexity index is 1510. The van der Waals surface area contributed by atoms with E-state index in [0.29, 0.717) is 35.2 Å². The molecule has 5 aromatic rings. The second kappa shape index (κ2) is 9.38. The molecule has 6 nitrogen and oxygen atoms in total. The number of aliphatic hydroxyl groups is 1. The Balaban J connectivity index is 1.56. The number of nitrogens with two attached hydrogens (primary N) is 1. The number of nitrogens with zero attached hydrogens (tertiary/aromatic N) is 1. The van der Waals surface area contributed by atoms with E-state index in [1.165, 1.54) is 0 Å². The smallest absolute Gasteiger partial charge is 0.252 e. The summed E-state index contributed by atoms with van der Waals surface area (Å²) in [5.74, 6) is -0.201. The fraction of sp³-hybridized carbons (Fsp3) is 0.111. The molecule has 34 heavy (non-hydrogen) atoms. The number of carbonyl (C=O) groups excluding carboxylic acids is 1. The molecule has 0 spiro atoms. The number of hydrogen-bond acceptors (Lipinski definition) is 4. The molecule has 0 unspecified atom stereocenters. The molecule has 0 aliphatic heterocycles. The molecule has 3 aromatic carbocycles. The zero-order valence-corrected chi connectivity index (χ0v) is 19.9. The molecule has 0 bridgehead atoms. The molecule has 5 N–H and O–H groups in total. The number of aliphatic hydroxyl groups excluding tert-OH is 1. The van der Waals surface area contributed by atoms with Crippen LogP contribution in [0, 0.1) is 0 Å². The first-order valence-corrected chi connectivity index (χ1v) is 11.7. The number of nitrogens with one attached hydrogen (secondary N) is 2. The lowest BCUT2D eigenvalue weighted by Gasteiger charge is -2.12. The van der Waals surface area contributed by atoms with Crippen LogP contribution in [-0.2, 0) is 19.7 Å². The Morgan fingerprint density at radius 3 is 2.50 bits per heavy atom. The number of fused-ring (bicyclic) bond motifs is 2. The second-order valence-electron chi connectivity index (χ2n) is 8.16. The maximum absolute atomic E-state index is 13.4. The number of H-pyrrole nitrogens is 1. The van der Waals surface area contributed by atoms with Crippen molar-refractivity contribution in [3.63, 3.8) is 0 Å². The number of carbonyl (C=O) groups is 1. The molecule has 0 saturated heterocycles. The van der Waals surface area contributed by atoms with Crippen LogP contribution in [0.5, 0.6) is 0 Å². The highest BCUT2D eigenvalue weighted by molar-refractivity contribution is 9.10. The number of aromatic nitrogens is 2. The van der Waals surface area contributed by atoms with Gasteiger partial charge in [-0.1, -0.05) is 46.3 Å². The number of halogens is 1. The minimum Gasteiger partial charge on any atom is -0.392 e. The molecule has 2 heterocycles. The van der Waals surface area contributed by atoms with E-state index in [4.69, 9.17) is 10.7 Å². The lowest BCUT2D eigenvalue weighted by Crippen LogP contribution is -2.23. The second-order valence-corrected chi connectivity index (χ2v) is 9.08. The third-order valence-corrected chi connectivity index (χ3v) is 6.43. The number of rotatable bonds is 6. The van der Waals surface area contributed by atoms with Crippen molar-refractivity contribution in [3.05, 3.63) is 99.7 Å². The molecule has 170 valence electrons. The van der Waals surface area contributed by atoms with Gasteiger partial charge in [0.05, 0.1) is 23.4 Å². The van der Waals surface area contributed by atoms with E-state index < -0.39 is 0 Å². The predicted molar refractivity (Wildman–Crippen MR) is 138 cm³/mol. The third-order valence-electron chi connectivity index (χ3n) is 5.93. The quantitative estimate of drug-likeness (QED) is 0.255. The lowest BCUT2D eigenvalue weighted by molar-refractivity contribution is 0.0952. The Hall–Kier alpha value is -3.52. The van der Waals surface area contributed by atoms with E-state index in [0.717, 1.165) is 37.6 Å². The molecule has 5 rings (SSSR count). The highest BCUT2D eigenvalue weighted by atomic mass is 79.9. The number of hydrogen-bond donors (Lipinski definition) is 4. The summed E-state index contributed by atoms with van der Waals surface area (Å²) in [4.78, 5) is 21.5. The molecule has 0 aliphatic carbocycles. The first-order valence-electron chi connectivity index (χ1n) is 10.9. The summed E-state index contributed by atoms with van der Waals surface area (Å²) in [6, 6.07) is 21.2. The van der Waals surface area contributed by atoms with Gasteiger partial charge in [0.15, 0.2) is 0 Å². The molecule has 0 atom stereocenters. The van der Waals surface area contributed by atoms with E-state index in [1.807, 2.05) is 72.9 Å². The van der Waals surface area contributed by atoms with Crippen LogP contribution in [0.25, 0.3) is 33.1 Å². The SMILES string of the molecule is NCc1ccc(CNC(=O)c2cc(-c3c[nH]c4ccc(Br)cc34)nc3ccc(CO)cc23)cc1. The zero-order chi connectivity index (χ0) is 23.7. The van der Waals surface area contributed by atoms with E-state index in [2.05, 4.69) is 26.2 Å². The van der Waals surface area contributed by atoms with Gasteiger partial charge in [0.2, 0.25) is 0 Å². The van der Waals surface area contributed by atoms with E-state index in [1.54, 1.807) is 0 Å². The van der Waals surface area contributed by atoms with Crippen LogP contribution in [0.3, 0.4) is 0 Å². The van der Waals surface area contributed by atoms with E-state index in [-0.39, 0.29) is 12.5 Å². The van der Waals surface area contributed by atoms with Gasteiger partial charge >= 0.3 is 0 Å². The van der Waals surface area contributed by atoms with Crippen molar-refractivity contribution in [3.8, 4) is 11.3 Å². The molecule has 0 aliphatic rings. The van der Waals surface area contributed by atoms with Crippen LogP contribution in [-0.4, -0.2) is 21.0 Å². The van der Waals surface area contributed by atoms with Gasteiger partial charge in [0, 0.05) is 45.6 Å². The monoisotopic (exact) mass is 514 g/mol. The number of pyridine rings is 1. The largest absolute Gasteiger partial charge is 0.392 e. The van der Waals surface area contributed by atoms with Crippen molar-refractivity contribution in [2.24, 2.45) is 5.73 Å². The first kappa shape index (κ1) is 22.3. The lowest BCUT2D eigenvalue weighted by atomic mass is 10.0. The van der Waals surface area contributed by atoms with Gasteiger partial charge in [0.1, 0.15) is 0 Å². The van der Waals surface area contributed by atoms with Crippen LogP contribution in [0.1, 0.15) is 27.0 Å². The summed E-state index contributed by atoms with van der Waals surface area (Å²) in [6.45, 7) is 0.765. The number of amides is 1. The maximum atomic E-state index is 13.4. The molecular formula is C27H23BrN4O2. The molecule has 0 saturated carbocycles. The minimum absolute atomic E-state index is 0.108. The third kappa shape index (κ3) is 4.33. The standard InChI is InChI=1S/C27H23BrN4O2/c28-19-6-8-24-21(10-19)23(14-30-24)26-11-22(20-9-18(15-33)5-7-25(20)32-26)27(34)31-13-17-3-1-16(12-29)2-4-17/h1-11,14,30,33H,12-13,15,29H2,(H,31,34). The average molecular weight is 515 g/mol. The van der Waals surface area contributed by atoms with Crippen LogP contribution in [0.2, 0.25) is 0 Å². The van der Waals surface area contributed by atoms with Crippen LogP contribution in [0.4, 0.5) is 0 Å². The molecule has 2 aromatic heterocycles. The molecule has 0 fully saturated rings. The van der Waals surface area contributed by atoms with Gasteiger partial charge in [-0.25, -0.2) is 4.98 Å². The molecule has 7 heteroatoms. The van der Waals surface area contributed by atoms with Crippen LogP contribution >= 0.6 is 15.9 Å². The fourth-order valence-electron chi connectivity index (χ4n) is 4.07. The summed E-state index contributed by atoms with van der Waals surface area (Å²) in [5.41, 5.74) is 12.2. The van der Waals surface area contributed by atoms with E-state index >= 15 is 0 Å². The number of benzene rings is 3. The van der Waals surface area contributed by atoms with Crippen molar-refractivity contribution in [2.75, 3.05) is 0 Å². The van der Waals surface area contributed by atoms with Crippen molar-refractivity contribution < 1.29 is 9.90 Å². The normalized spacial score (nSPS) is 11.3. The molecule has 0 radical (unpaired) electrons. The minimum atomic E-state index is -0.201. The van der Waals surface area contributed by atoms with Crippen molar-refractivity contribution in [1.29, 1.82) is 0 Å². The highest BCUT2D eigenvalue weighted by Gasteiger charge is 2.17. The average Bonchev–Trinajstić information content (AvgIpc) is 3.29. The van der Waals surface area contributed by atoms with Gasteiger partial charge < -0.3 is 21.1 Å². The molecular weight excluding hydrogens is 492 g/mol. The summed E-state index contributed by atoms with van der Waals surface area (Å²) in [7, 11) is 0. The van der Waals surface area contributed by atoms with Crippen molar-refractivity contribution in [2.45, 2.75) is 19.7 Å². The van der Waals surface area contributed by atoms with Crippen molar-refractivity contribution in [1.82, 2.24) is 15.3 Å². The van der Waals surface area contributed by atoms with Crippen LogP contribution in [0.15, 0.2) is 77.4 Å². The number of aromatic amines is 1.